The molecule has 0 N–H and O–H groups in total. The number of ether oxygens (including phenoxy) is 1. The lowest BCUT2D eigenvalue weighted by molar-refractivity contribution is -0.0501. The number of alkyl halides is 3. The second-order valence-electron chi connectivity index (χ2n) is 3.20. The van der Waals surface area contributed by atoms with E-state index < -0.39 is 17.2 Å². The van der Waals surface area contributed by atoms with Crippen LogP contribution in [0.5, 0.6) is 5.75 Å². The minimum Gasteiger partial charge on any atom is -0.434 e. The number of hydrogen-bond donors (Lipinski definition) is 0. The van der Waals surface area contributed by atoms with Crippen molar-refractivity contribution in [2.45, 2.75) is 18.4 Å². The smallest absolute Gasteiger partial charge is 0.387 e. The molecule has 0 heterocycles. The monoisotopic (exact) mass is 306 g/mol. The van der Waals surface area contributed by atoms with Gasteiger partial charge in [0, 0.05) is 5.56 Å². The molecular formula is C11H9BrF2O3. The number of hydrogen-bond acceptors (Lipinski definition) is 3. The third kappa shape index (κ3) is 3.33. The second kappa shape index (κ2) is 5.86. The van der Waals surface area contributed by atoms with Gasteiger partial charge in [0.1, 0.15) is 5.75 Å². The van der Waals surface area contributed by atoms with E-state index in [2.05, 4.69) is 20.7 Å². The molecule has 92 valence electrons. The van der Waals surface area contributed by atoms with Crippen molar-refractivity contribution in [2.24, 2.45) is 0 Å². The Morgan fingerprint density at radius 1 is 1.47 bits per heavy atom. The number of rotatable bonds is 5. The average molecular weight is 307 g/mol. The predicted octanol–water partition coefficient (Wildman–Crippen LogP) is 3.07. The highest BCUT2D eigenvalue weighted by Crippen LogP contribution is 2.26. The number of halogens is 3. The highest BCUT2D eigenvalue weighted by Gasteiger charge is 2.22. The summed E-state index contributed by atoms with van der Waals surface area (Å²) in [5.74, 6) is -0.774. The van der Waals surface area contributed by atoms with Gasteiger partial charge in [-0.25, -0.2) is 0 Å². The Kier molecular flexibility index (Phi) is 4.74. The van der Waals surface area contributed by atoms with Gasteiger partial charge in [0.2, 0.25) is 0 Å². The molecule has 0 fully saturated rings. The number of carbonyl (C=O) groups excluding carboxylic acids is 2. The Morgan fingerprint density at radius 2 is 2.12 bits per heavy atom. The Labute approximate surface area is 105 Å². The topological polar surface area (TPSA) is 43.4 Å². The minimum absolute atomic E-state index is 0.0273. The summed E-state index contributed by atoms with van der Waals surface area (Å²) in [7, 11) is 0. The largest absolute Gasteiger partial charge is 0.434 e. The van der Waals surface area contributed by atoms with Gasteiger partial charge in [0.25, 0.3) is 0 Å². The fourth-order valence-electron chi connectivity index (χ4n) is 1.30. The summed E-state index contributed by atoms with van der Waals surface area (Å²) in [6.07, 6.45) is 0.431. The Balaban J connectivity index is 3.29. The molecule has 0 aliphatic heterocycles. The van der Waals surface area contributed by atoms with Crippen LogP contribution in [0.1, 0.15) is 27.6 Å². The Morgan fingerprint density at radius 3 is 2.59 bits per heavy atom. The standard InChI is InChI=1S/C11H9BrF2O3/c1-6(12)10(16)9-7(5-15)3-2-4-8(9)17-11(13)14/h2-6,11H,1H3. The molecule has 6 heteroatoms. The van der Waals surface area contributed by atoms with Gasteiger partial charge < -0.3 is 4.74 Å². The van der Waals surface area contributed by atoms with Crippen molar-refractivity contribution in [2.75, 3.05) is 0 Å². The zero-order valence-electron chi connectivity index (χ0n) is 8.82. The molecule has 1 unspecified atom stereocenters. The Hall–Kier alpha value is -1.30. The van der Waals surface area contributed by atoms with E-state index in [-0.39, 0.29) is 16.9 Å². The molecule has 0 aliphatic rings. The number of Topliss-reactive ketones (excluding diaryl/α,β-unsaturated/α-hetero) is 1. The molecule has 0 aromatic heterocycles. The van der Waals surface area contributed by atoms with Crippen LogP contribution in [0.15, 0.2) is 18.2 Å². The zero-order chi connectivity index (χ0) is 13.0. The van der Waals surface area contributed by atoms with Gasteiger partial charge in [0.15, 0.2) is 12.1 Å². The molecule has 0 saturated carbocycles. The first-order valence-electron chi connectivity index (χ1n) is 4.68. The number of carbonyl (C=O) groups is 2. The van der Waals surface area contributed by atoms with Crippen LogP contribution in [0.25, 0.3) is 0 Å². The quantitative estimate of drug-likeness (QED) is 0.477. The first-order chi connectivity index (χ1) is 7.97. The van der Waals surface area contributed by atoms with Gasteiger partial charge in [-0.05, 0) is 13.0 Å². The lowest BCUT2D eigenvalue weighted by Gasteiger charge is -2.12. The van der Waals surface area contributed by atoms with Crippen LogP contribution in [-0.4, -0.2) is 23.5 Å². The number of benzene rings is 1. The first-order valence-corrected chi connectivity index (χ1v) is 5.60. The van der Waals surface area contributed by atoms with Crippen LogP contribution < -0.4 is 4.74 Å². The van der Waals surface area contributed by atoms with Gasteiger partial charge in [0.05, 0.1) is 10.4 Å². The number of ketones is 1. The normalized spacial score (nSPS) is 12.3. The van der Waals surface area contributed by atoms with E-state index in [1.165, 1.54) is 25.1 Å². The van der Waals surface area contributed by atoms with Crippen molar-refractivity contribution in [3.8, 4) is 5.75 Å². The van der Waals surface area contributed by atoms with Gasteiger partial charge in [-0.3, -0.25) is 9.59 Å². The predicted molar refractivity (Wildman–Crippen MR) is 61.2 cm³/mol. The maximum absolute atomic E-state index is 12.2. The molecule has 1 atom stereocenters. The fourth-order valence-corrected chi connectivity index (χ4v) is 1.53. The van der Waals surface area contributed by atoms with Crippen molar-refractivity contribution in [3.05, 3.63) is 29.3 Å². The highest BCUT2D eigenvalue weighted by molar-refractivity contribution is 9.10. The summed E-state index contributed by atoms with van der Waals surface area (Å²) in [4.78, 5) is 22.0. The van der Waals surface area contributed by atoms with Crippen LogP contribution in [-0.2, 0) is 0 Å². The molecule has 1 aromatic carbocycles. The molecule has 3 nitrogen and oxygen atoms in total. The summed E-state index contributed by atoms with van der Waals surface area (Å²) < 4.78 is 28.6. The van der Waals surface area contributed by atoms with Crippen LogP contribution in [0.3, 0.4) is 0 Å². The SMILES string of the molecule is CC(Br)C(=O)c1c(C=O)cccc1OC(F)F. The molecular weight excluding hydrogens is 298 g/mol. The van der Waals surface area contributed by atoms with Gasteiger partial charge >= 0.3 is 6.61 Å². The zero-order valence-corrected chi connectivity index (χ0v) is 10.4. The summed E-state index contributed by atoms with van der Waals surface area (Å²) in [6.45, 7) is -1.51. The van der Waals surface area contributed by atoms with Crippen molar-refractivity contribution in [1.82, 2.24) is 0 Å². The molecule has 0 amide bonds. The van der Waals surface area contributed by atoms with Gasteiger partial charge in [-0.2, -0.15) is 8.78 Å². The van der Waals surface area contributed by atoms with Crippen molar-refractivity contribution >= 4 is 28.0 Å². The van der Waals surface area contributed by atoms with Crippen LogP contribution in [0, 0.1) is 0 Å². The summed E-state index contributed by atoms with van der Waals surface area (Å²) >= 11 is 3.03. The summed E-state index contributed by atoms with van der Waals surface area (Å²) in [6, 6.07) is 3.97. The average Bonchev–Trinajstić information content (AvgIpc) is 2.26. The highest BCUT2D eigenvalue weighted by atomic mass is 79.9. The van der Waals surface area contributed by atoms with Crippen LogP contribution >= 0.6 is 15.9 Å². The third-order valence-electron chi connectivity index (χ3n) is 2.01. The second-order valence-corrected chi connectivity index (χ2v) is 4.57. The van der Waals surface area contributed by atoms with E-state index in [9.17, 15) is 18.4 Å². The van der Waals surface area contributed by atoms with E-state index in [0.29, 0.717) is 6.29 Å². The maximum atomic E-state index is 12.2. The number of aldehydes is 1. The van der Waals surface area contributed by atoms with E-state index in [4.69, 9.17) is 0 Å². The molecule has 0 spiro atoms. The third-order valence-corrected chi connectivity index (χ3v) is 2.42. The minimum atomic E-state index is -3.05. The summed E-state index contributed by atoms with van der Waals surface area (Å²) in [5.41, 5.74) is -0.105. The Bertz CT molecular complexity index is 433. The van der Waals surface area contributed by atoms with E-state index >= 15 is 0 Å². The molecule has 0 saturated heterocycles. The summed E-state index contributed by atoms with van der Waals surface area (Å²) in [5, 5.41) is 0. The van der Waals surface area contributed by atoms with Crippen LogP contribution in [0.4, 0.5) is 8.78 Å². The van der Waals surface area contributed by atoms with E-state index in [1.807, 2.05) is 0 Å². The van der Waals surface area contributed by atoms with E-state index in [0.717, 1.165) is 0 Å². The van der Waals surface area contributed by atoms with Crippen LogP contribution in [0.2, 0.25) is 0 Å². The van der Waals surface area contributed by atoms with E-state index in [1.54, 1.807) is 0 Å². The first kappa shape index (κ1) is 13.8. The fraction of sp³-hybridized carbons (Fsp3) is 0.273. The molecule has 1 rings (SSSR count). The van der Waals surface area contributed by atoms with Crippen molar-refractivity contribution in [1.29, 1.82) is 0 Å². The van der Waals surface area contributed by atoms with Gasteiger partial charge in [-0.15, -0.1) is 0 Å². The molecule has 0 aliphatic carbocycles. The maximum Gasteiger partial charge on any atom is 0.387 e. The van der Waals surface area contributed by atoms with Gasteiger partial charge in [-0.1, -0.05) is 28.1 Å². The molecule has 1 aromatic rings. The molecule has 0 radical (unpaired) electrons. The molecule has 0 bridgehead atoms. The van der Waals surface area contributed by atoms with Crippen molar-refractivity contribution < 1.29 is 23.1 Å². The lowest BCUT2D eigenvalue weighted by Crippen LogP contribution is -2.16. The van der Waals surface area contributed by atoms with Crippen molar-refractivity contribution in [3.63, 3.8) is 0 Å². The molecule has 17 heavy (non-hydrogen) atoms. The lowest BCUT2D eigenvalue weighted by atomic mass is 10.0.